The van der Waals surface area contributed by atoms with Crippen LogP contribution in [0.4, 0.5) is 15.8 Å². The number of aryl methyl sites for hydroxylation is 1. The van der Waals surface area contributed by atoms with Crippen molar-refractivity contribution in [1.82, 2.24) is 0 Å². The van der Waals surface area contributed by atoms with Crippen molar-refractivity contribution in [2.75, 3.05) is 24.4 Å². The lowest BCUT2D eigenvalue weighted by molar-refractivity contribution is -0.120. The number of anilines is 2. The molecule has 144 valence electrons. The number of methoxy groups -OCH3 is 1. The highest BCUT2D eigenvalue weighted by molar-refractivity contribution is 5.96. The molecule has 0 aromatic heterocycles. The van der Waals surface area contributed by atoms with Gasteiger partial charge in [-0.25, -0.2) is 4.39 Å². The minimum atomic E-state index is -0.619. The van der Waals surface area contributed by atoms with Crippen molar-refractivity contribution in [1.29, 1.82) is 0 Å². The molecule has 0 radical (unpaired) electrons. The number of hydrogen-bond acceptors (Lipinski definition) is 5. The van der Waals surface area contributed by atoms with E-state index in [1.807, 2.05) is 0 Å². The Morgan fingerprint density at radius 2 is 1.85 bits per heavy atom. The summed E-state index contributed by atoms with van der Waals surface area (Å²) in [4.78, 5) is 23.2. The number of benzene rings is 2. The van der Waals surface area contributed by atoms with Gasteiger partial charge in [0.15, 0.2) is 18.1 Å². The van der Waals surface area contributed by atoms with Crippen LogP contribution in [-0.4, -0.2) is 31.6 Å². The molecule has 2 aromatic rings. The predicted molar refractivity (Wildman–Crippen MR) is 101 cm³/mol. The molecule has 0 saturated carbocycles. The molecule has 0 aliphatic heterocycles. The molecule has 0 bridgehead atoms. The van der Waals surface area contributed by atoms with E-state index in [1.165, 1.54) is 13.2 Å². The molecule has 8 heteroatoms. The molecule has 2 amide bonds. The van der Waals surface area contributed by atoms with E-state index >= 15 is 0 Å². The molecule has 0 aliphatic carbocycles. The summed E-state index contributed by atoms with van der Waals surface area (Å²) in [6.07, 6.45) is 0. The summed E-state index contributed by atoms with van der Waals surface area (Å²) in [5.41, 5.74) is 6.53. The molecule has 0 spiro atoms. The summed E-state index contributed by atoms with van der Waals surface area (Å²) >= 11 is 0. The van der Waals surface area contributed by atoms with Gasteiger partial charge in [0.05, 0.1) is 7.11 Å². The summed E-state index contributed by atoms with van der Waals surface area (Å²) < 4.78 is 24.1. The summed E-state index contributed by atoms with van der Waals surface area (Å²) in [6, 6.07) is 8.80. The maximum atomic E-state index is 13.6. The van der Waals surface area contributed by atoms with Crippen LogP contribution in [0.1, 0.15) is 12.5 Å². The standard InChI is InChI=1S/C19H22FN3O4/c1-11-4-5-13(8-15(11)20)23-19(25)12(2)22-14-6-7-16(26-3)17(9-14)27-10-18(21)24/h4-9,12,22H,10H2,1-3H3,(H2,21,24)(H,23,25)/t12-/m0/s1. The van der Waals surface area contributed by atoms with Crippen LogP contribution in [0.5, 0.6) is 11.5 Å². The molecule has 27 heavy (non-hydrogen) atoms. The largest absolute Gasteiger partial charge is 0.493 e. The highest BCUT2D eigenvalue weighted by Crippen LogP contribution is 2.30. The van der Waals surface area contributed by atoms with Crippen molar-refractivity contribution in [2.45, 2.75) is 19.9 Å². The van der Waals surface area contributed by atoms with E-state index in [9.17, 15) is 14.0 Å². The quantitative estimate of drug-likeness (QED) is 0.658. The molecule has 2 aromatic carbocycles. The van der Waals surface area contributed by atoms with E-state index in [4.69, 9.17) is 15.2 Å². The Labute approximate surface area is 156 Å². The van der Waals surface area contributed by atoms with E-state index in [0.29, 0.717) is 28.4 Å². The van der Waals surface area contributed by atoms with Crippen molar-refractivity contribution in [2.24, 2.45) is 5.73 Å². The van der Waals surface area contributed by atoms with Crippen molar-refractivity contribution in [3.63, 3.8) is 0 Å². The molecule has 2 rings (SSSR count). The number of primary amides is 1. The zero-order valence-electron chi connectivity index (χ0n) is 15.3. The third kappa shape index (κ3) is 5.60. The molecule has 0 aliphatic rings. The molecule has 0 saturated heterocycles. The zero-order valence-corrected chi connectivity index (χ0v) is 15.3. The van der Waals surface area contributed by atoms with Gasteiger partial charge in [-0.2, -0.15) is 0 Å². The molecule has 7 nitrogen and oxygen atoms in total. The molecule has 4 N–H and O–H groups in total. The van der Waals surface area contributed by atoms with Gasteiger partial charge in [0.1, 0.15) is 11.9 Å². The van der Waals surface area contributed by atoms with Crippen molar-refractivity contribution in [3.8, 4) is 11.5 Å². The molecule has 0 fully saturated rings. The summed E-state index contributed by atoms with van der Waals surface area (Å²) in [5, 5.41) is 5.66. The van der Waals surface area contributed by atoms with Crippen LogP contribution < -0.4 is 25.8 Å². The monoisotopic (exact) mass is 375 g/mol. The van der Waals surface area contributed by atoms with E-state index < -0.39 is 11.9 Å². The summed E-state index contributed by atoms with van der Waals surface area (Å²) in [6.45, 7) is 3.01. The second-order valence-electron chi connectivity index (χ2n) is 5.94. The maximum Gasteiger partial charge on any atom is 0.255 e. The minimum Gasteiger partial charge on any atom is -0.493 e. The van der Waals surface area contributed by atoms with Gasteiger partial charge in [-0.05, 0) is 43.7 Å². The lowest BCUT2D eigenvalue weighted by Gasteiger charge is -2.17. The van der Waals surface area contributed by atoms with Gasteiger partial charge < -0.3 is 25.8 Å². The van der Waals surface area contributed by atoms with Crippen LogP contribution in [0.25, 0.3) is 0 Å². The van der Waals surface area contributed by atoms with Crippen LogP contribution in [-0.2, 0) is 9.59 Å². The summed E-state index contributed by atoms with van der Waals surface area (Å²) in [5.74, 6) is -0.606. The predicted octanol–water partition coefficient (Wildman–Crippen LogP) is 2.45. The van der Waals surface area contributed by atoms with Crippen LogP contribution >= 0.6 is 0 Å². The first kappa shape index (κ1) is 20.0. The number of carbonyl (C=O) groups is 2. The molecule has 0 heterocycles. The first-order valence-corrected chi connectivity index (χ1v) is 8.23. The van der Waals surface area contributed by atoms with Gasteiger partial charge in [0.2, 0.25) is 5.91 Å². The fourth-order valence-electron chi connectivity index (χ4n) is 2.26. The lowest BCUT2D eigenvalue weighted by atomic mass is 10.2. The zero-order chi connectivity index (χ0) is 20.0. The normalized spacial score (nSPS) is 11.4. The fraction of sp³-hybridized carbons (Fsp3) is 0.263. The number of amides is 2. The fourth-order valence-corrected chi connectivity index (χ4v) is 2.26. The lowest BCUT2D eigenvalue weighted by Crippen LogP contribution is -2.31. The molecule has 0 unspecified atom stereocenters. The third-order valence-corrected chi connectivity index (χ3v) is 3.75. The van der Waals surface area contributed by atoms with Crippen LogP contribution in [0, 0.1) is 12.7 Å². The van der Waals surface area contributed by atoms with Crippen LogP contribution in [0.2, 0.25) is 0 Å². The number of halogens is 1. The Balaban J connectivity index is 2.05. The Kier molecular flexibility index (Phi) is 6.59. The highest BCUT2D eigenvalue weighted by atomic mass is 19.1. The second-order valence-corrected chi connectivity index (χ2v) is 5.94. The van der Waals surface area contributed by atoms with E-state index in [1.54, 1.807) is 44.2 Å². The summed E-state index contributed by atoms with van der Waals surface area (Å²) in [7, 11) is 1.47. The number of nitrogens with one attached hydrogen (secondary N) is 2. The van der Waals surface area contributed by atoms with Gasteiger partial charge in [-0.3, -0.25) is 9.59 Å². The molecular formula is C19H22FN3O4. The second kappa shape index (κ2) is 8.88. The van der Waals surface area contributed by atoms with Crippen molar-refractivity contribution in [3.05, 3.63) is 47.8 Å². The average Bonchev–Trinajstić information content (AvgIpc) is 2.63. The molecular weight excluding hydrogens is 353 g/mol. The minimum absolute atomic E-state index is 0.297. The Hall–Kier alpha value is -3.29. The first-order chi connectivity index (χ1) is 12.8. The highest BCUT2D eigenvalue weighted by Gasteiger charge is 2.15. The van der Waals surface area contributed by atoms with Gasteiger partial charge >= 0.3 is 0 Å². The van der Waals surface area contributed by atoms with Crippen molar-refractivity contribution < 1.29 is 23.5 Å². The SMILES string of the molecule is COc1ccc(N[C@@H](C)C(=O)Nc2ccc(C)c(F)c2)cc1OCC(N)=O. The van der Waals surface area contributed by atoms with Gasteiger partial charge in [-0.15, -0.1) is 0 Å². The van der Waals surface area contributed by atoms with E-state index in [-0.39, 0.29) is 18.3 Å². The number of nitrogens with two attached hydrogens (primary N) is 1. The molecule has 1 atom stereocenters. The van der Waals surface area contributed by atoms with Crippen LogP contribution in [0.15, 0.2) is 36.4 Å². The topological polar surface area (TPSA) is 103 Å². The Morgan fingerprint density at radius 1 is 1.15 bits per heavy atom. The van der Waals surface area contributed by atoms with Gasteiger partial charge in [0.25, 0.3) is 5.91 Å². The number of rotatable bonds is 8. The first-order valence-electron chi connectivity index (χ1n) is 8.23. The average molecular weight is 375 g/mol. The number of carbonyl (C=O) groups excluding carboxylic acids is 2. The number of ether oxygens (including phenoxy) is 2. The smallest absolute Gasteiger partial charge is 0.255 e. The van der Waals surface area contributed by atoms with Gasteiger partial charge in [0, 0.05) is 17.4 Å². The van der Waals surface area contributed by atoms with E-state index in [0.717, 1.165) is 0 Å². The van der Waals surface area contributed by atoms with E-state index in [2.05, 4.69) is 10.6 Å². The maximum absolute atomic E-state index is 13.6. The van der Waals surface area contributed by atoms with Gasteiger partial charge in [-0.1, -0.05) is 6.07 Å². The Morgan fingerprint density at radius 3 is 2.48 bits per heavy atom. The van der Waals surface area contributed by atoms with Crippen LogP contribution in [0.3, 0.4) is 0 Å². The Bertz CT molecular complexity index is 842. The van der Waals surface area contributed by atoms with Crippen molar-refractivity contribution >= 4 is 23.2 Å². The number of hydrogen-bond donors (Lipinski definition) is 3. The third-order valence-electron chi connectivity index (χ3n) is 3.75.